The molecule has 2 atom stereocenters. The molecule has 0 aromatic heterocycles. The van der Waals surface area contributed by atoms with Crippen LogP contribution in [0.2, 0.25) is 0 Å². The first-order valence-electron chi connectivity index (χ1n) is 11.3. The summed E-state index contributed by atoms with van der Waals surface area (Å²) in [5.41, 5.74) is 16.6. The summed E-state index contributed by atoms with van der Waals surface area (Å²) >= 11 is -0.704. The van der Waals surface area contributed by atoms with E-state index in [1.165, 1.54) is 12.8 Å². The molecule has 1 aliphatic heterocycles. The molecule has 2 unspecified atom stereocenters. The third-order valence-electron chi connectivity index (χ3n) is 7.53. The molecule has 2 aliphatic carbocycles. The van der Waals surface area contributed by atoms with Crippen molar-refractivity contribution < 1.29 is 48.0 Å². The summed E-state index contributed by atoms with van der Waals surface area (Å²) in [4.78, 5) is 0. The van der Waals surface area contributed by atoms with Crippen LogP contribution in [0.3, 0.4) is 0 Å². The van der Waals surface area contributed by atoms with Gasteiger partial charge in [-0.25, -0.2) is 0 Å². The van der Waals surface area contributed by atoms with Crippen LogP contribution in [0.25, 0.3) is 11.1 Å². The van der Waals surface area contributed by atoms with E-state index in [0.717, 1.165) is 7.25 Å². The van der Waals surface area contributed by atoms with Crippen molar-refractivity contribution in [3.63, 3.8) is 0 Å². The van der Waals surface area contributed by atoms with Gasteiger partial charge in [0.05, 0.1) is 0 Å². The quantitative estimate of drug-likeness (QED) is 0.559. The van der Waals surface area contributed by atoms with Gasteiger partial charge in [-0.3, -0.25) is 0 Å². The summed E-state index contributed by atoms with van der Waals surface area (Å²) in [7, 11) is 0. The molecule has 31 heavy (non-hydrogen) atoms. The van der Waals surface area contributed by atoms with Crippen LogP contribution in [-0.2, 0) is 23.2 Å². The van der Waals surface area contributed by atoms with Crippen molar-refractivity contribution in [1.29, 1.82) is 0 Å². The van der Waals surface area contributed by atoms with Crippen LogP contribution in [0.5, 0.6) is 0 Å². The van der Waals surface area contributed by atoms with Gasteiger partial charge in [0.2, 0.25) is 0 Å². The SMILES string of the molecule is CC1=C2CCC3=C(C)c4c(C(C)C)cccc4[CH]3[Zr+2][CH]2c2cccc(C(C)C)c21.[Cl-].[Cl-]. The summed E-state index contributed by atoms with van der Waals surface area (Å²) in [6.45, 7) is 14.3. The van der Waals surface area contributed by atoms with Gasteiger partial charge in [-0.15, -0.1) is 0 Å². The monoisotopic (exact) mass is 528 g/mol. The van der Waals surface area contributed by atoms with Gasteiger partial charge in [0.25, 0.3) is 0 Å². The van der Waals surface area contributed by atoms with Gasteiger partial charge < -0.3 is 24.8 Å². The first-order valence-corrected chi connectivity index (χ1v) is 14.2. The van der Waals surface area contributed by atoms with Crippen LogP contribution in [0.15, 0.2) is 47.5 Å². The maximum Gasteiger partial charge on any atom is -1.00 e. The molecule has 0 bridgehead atoms. The van der Waals surface area contributed by atoms with E-state index in [9.17, 15) is 0 Å². The fourth-order valence-corrected chi connectivity index (χ4v) is 11.7. The number of hydrogen-bond donors (Lipinski definition) is 0. The Balaban J connectivity index is 0.00000136. The summed E-state index contributed by atoms with van der Waals surface area (Å²) in [5, 5.41) is 0. The Morgan fingerprint density at radius 1 is 0.677 bits per heavy atom. The van der Waals surface area contributed by atoms with Gasteiger partial charge in [0, 0.05) is 0 Å². The fourth-order valence-electron chi connectivity index (χ4n) is 6.10. The van der Waals surface area contributed by atoms with Crippen molar-refractivity contribution in [1.82, 2.24) is 0 Å². The number of rotatable bonds is 2. The molecule has 162 valence electrons. The molecule has 0 radical (unpaired) electrons. The average molecular weight is 531 g/mol. The summed E-state index contributed by atoms with van der Waals surface area (Å²) in [5.74, 6) is 1.21. The Bertz CT molecular complexity index is 989. The zero-order valence-corrected chi connectivity index (χ0v) is 23.4. The largest absolute Gasteiger partial charge is 1.00 e. The van der Waals surface area contributed by atoms with Crippen molar-refractivity contribution in [2.45, 2.75) is 73.5 Å². The van der Waals surface area contributed by atoms with Gasteiger partial charge in [-0.1, -0.05) is 0 Å². The van der Waals surface area contributed by atoms with E-state index in [4.69, 9.17) is 0 Å². The standard InChI is InChI=1S/C28H32.2ClH.Zr/c1-17(2)25-11-7-9-23-15-21(19(5)27(23)25)13-14-22-16-24-10-8-12-26(18(3)4)28(24)20(22)6;;;/h7-12,15-18H,13-14H2,1-6H3;2*1H;/q;;;+2/p-2. The topological polar surface area (TPSA) is 0 Å². The molecule has 0 saturated carbocycles. The molecule has 0 nitrogen and oxygen atoms in total. The minimum Gasteiger partial charge on any atom is -1.00 e. The molecule has 2 aromatic rings. The fraction of sp³-hybridized carbons (Fsp3) is 0.429. The smallest absolute Gasteiger partial charge is 1.00 e. The van der Waals surface area contributed by atoms with Crippen LogP contribution in [0, 0.1) is 0 Å². The Morgan fingerprint density at radius 3 is 1.42 bits per heavy atom. The van der Waals surface area contributed by atoms with E-state index < -0.39 is 23.2 Å². The van der Waals surface area contributed by atoms with Gasteiger partial charge >= 0.3 is 189 Å². The molecular weight excluding hydrogens is 498 g/mol. The molecule has 1 fully saturated rings. The van der Waals surface area contributed by atoms with Gasteiger partial charge in [-0.2, -0.15) is 0 Å². The molecule has 0 amide bonds. The number of halogens is 2. The van der Waals surface area contributed by atoms with Crippen molar-refractivity contribution in [2.24, 2.45) is 0 Å². The number of hydrogen-bond acceptors (Lipinski definition) is 0. The molecule has 1 saturated heterocycles. The van der Waals surface area contributed by atoms with Crippen LogP contribution in [0.1, 0.15) is 107 Å². The molecule has 5 rings (SSSR count). The molecule has 3 aliphatic rings. The summed E-state index contributed by atoms with van der Waals surface area (Å²) in [6, 6.07) is 14.3. The van der Waals surface area contributed by atoms with E-state index in [1.807, 2.05) is 0 Å². The second kappa shape index (κ2) is 9.32. The third kappa shape index (κ3) is 3.78. The first-order chi connectivity index (χ1) is 13.9. The van der Waals surface area contributed by atoms with Crippen LogP contribution < -0.4 is 24.8 Å². The predicted octanol–water partition coefficient (Wildman–Crippen LogP) is 2.17. The maximum atomic E-state index is 2.46. The van der Waals surface area contributed by atoms with E-state index >= 15 is 0 Å². The molecule has 0 N–H and O–H groups in total. The molecule has 0 spiro atoms. The molecule has 2 aromatic carbocycles. The molecule has 1 heterocycles. The van der Waals surface area contributed by atoms with E-state index in [0.29, 0.717) is 11.8 Å². The third-order valence-corrected chi connectivity index (χ3v) is 12.4. The van der Waals surface area contributed by atoms with Crippen LogP contribution in [-0.4, -0.2) is 0 Å². The number of fused-ring (bicyclic) bond motifs is 6. The Morgan fingerprint density at radius 2 is 1.06 bits per heavy atom. The number of allylic oxidation sites excluding steroid dienone is 4. The Hall–Kier alpha value is -0.617. The van der Waals surface area contributed by atoms with Crippen molar-refractivity contribution in [2.75, 3.05) is 0 Å². The minimum absolute atomic E-state index is 0. The van der Waals surface area contributed by atoms with Gasteiger partial charge in [-0.05, 0) is 0 Å². The normalized spacial score (nSPS) is 20.8. The van der Waals surface area contributed by atoms with E-state index in [-0.39, 0.29) is 24.8 Å². The maximum absolute atomic E-state index is 2.46. The Labute approximate surface area is 212 Å². The predicted molar refractivity (Wildman–Crippen MR) is 121 cm³/mol. The average Bonchev–Trinajstić information content (AvgIpc) is 3.02. The van der Waals surface area contributed by atoms with Crippen LogP contribution in [0.4, 0.5) is 0 Å². The van der Waals surface area contributed by atoms with Crippen molar-refractivity contribution in [3.8, 4) is 0 Å². The second-order valence-electron chi connectivity index (χ2n) is 9.77. The summed E-state index contributed by atoms with van der Waals surface area (Å²) in [6.07, 6.45) is 2.55. The van der Waals surface area contributed by atoms with Crippen LogP contribution >= 0.6 is 0 Å². The van der Waals surface area contributed by atoms with Crippen molar-refractivity contribution in [3.05, 3.63) is 80.9 Å². The summed E-state index contributed by atoms with van der Waals surface area (Å²) < 4.78 is 1.55. The van der Waals surface area contributed by atoms with Gasteiger partial charge in [0.1, 0.15) is 0 Å². The van der Waals surface area contributed by atoms with Crippen molar-refractivity contribution >= 4 is 11.1 Å². The first kappa shape index (κ1) is 25.0. The molecular formula is C28H32Cl2Zr. The minimum atomic E-state index is -0.704. The van der Waals surface area contributed by atoms with Gasteiger partial charge in [0.15, 0.2) is 0 Å². The molecule has 3 heteroatoms. The number of benzene rings is 2. The second-order valence-corrected chi connectivity index (χ2v) is 13.4. The van der Waals surface area contributed by atoms with E-state index in [2.05, 4.69) is 77.9 Å². The zero-order valence-electron chi connectivity index (χ0n) is 19.4. The Kier molecular flexibility index (Phi) is 7.52. The zero-order chi connectivity index (χ0) is 20.4. The van der Waals surface area contributed by atoms with E-state index in [1.54, 1.807) is 55.7 Å².